The van der Waals surface area contributed by atoms with Crippen LogP contribution in [0.5, 0.6) is 0 Å². The van der Waals surface area contributed by atoms with Gasteiger partial charge in [0.1, 0.15) is 0 Å². The van der Waals surface area contributed by atoms with Crippen LogP contribution in [-0.4, -0.2) is 52.4 Å². The van der Waals surface area contributed by atoms with Crippen LogP contribution in [-0.2, 0) is 9.59 Å². The molecule has 7 heteroatoms. The van der Waals surface area contributed by atoms with Gasteiger partial charge in [0.25, 0.3) is 5.91 Å². The van der Waals surface area contributed by atoms with Crippen molar-refractivity contribution in [3.05, 3.63) is 29.8 Å². The van der Waals surface area contributed by atoms with E-state index in [2.05, 4.69) is 5.32 Å². The molecule has 3 rings (SSSR count). The van der Waals surface area contributed by atoms with Crippen molar-refractivity contribution in [2.24, 2.45) is 11.8 Å². The van der Waals surface area contributed by atoms with Crippen LogP contribution in [0.1, 0.15) is 36.0 Å². The van der Waals surface area contributed by atoms with Gasteiger partial charge in [-0.1, -0.05) is 0 Å². The Morgan fingerprint density at radius 3 is 2.15 bits per heavy atom. The Labute approximate surface area is 157 Å². The normalized spacial score (nSPS) is 19.2. The minimum atomic E-state index is -0.784. The molecular formula is C19H24N2O4S. The topological polar surface area (TPSA) is 86.7 Å². The zero-order chi connectivity index (χ0) is 18.5. The Morgan fingerprint density at radius 2 is 1.58 bits per heavy atom. The summed E-state index contributed by atoms with van der Waals surface area (Å²) in [4.78, 5) is 37.5. The van der Waals surface area contributed by atoms with Crippen molar-refractivity contribution in [3.8, 4) is 0 Å². The van der Waals surface area contributed by atoms with E-state index in [1.54, 1.807) is 29.2 Å². The quantitative estimate of drug-likeness (QED) is 0.844. The van der Waals surface area contributed by atoms with E-state index < -0.39 is 5.97 Å². The van der Waals surface area contributed by atoms with Gasteiger partial charge in [-0.3, -0.25) is 14.4 Å². The van der Waals surface area contributed by atoms with Gasteiger partial charge in [-0.2, -0.15) is 11.8 Å². The van der Waals surface area contributed by atoms with Crippen LogP contribution >= 0.6 is 11.8 Å². The lowest BCUT2D eigenvalue weighted by Gasteiger charge is -2.30. The lowest BCUT2D eigenvalue weighted by atomic mass is 9.96. The molecule has 2 amide bonds. The summed E-state index contributed by atoms with van der Waals surface area (Å²) in [5.41, 5.74) is 1.26. The number of carbonyl (C=O) groups excluding carboxylic acids is 2. The number of carboxylic acid groups (broad SMARTS) is 1. The minimum absolute atomic E-state index is 0.0557. The molecule has 0 unspecified atom stereocenters. The summed E-state index contributed by atoms with van der Waals surface area (Å²) in [7, 11) is 0. The monoisotopic (exact) mass is 376 g/mol. The van der Waals surface area contributed by atoms with Crippen molar-refractivity contribution in [2.45, 2.75) is 25.7 Å². The summed E-state index contributed by atoms with van der Waals surface area (Å²) in [6, 6.07) is 6.95. The molecule has 2 aliphatic heterocycles. The van der Waals surface area contributed by atoms with Gasteiger partial charge in [-0.25, -0.2) is 0 Å². The number of piperidine rings is 1. The summed E-state index contributed by atoms with van der Waals surface area (Å²) in [6.07, 6.45) is 2.82. The van der Waals surface area contributed by atoms with Crippen LogP contribution in [0, 0.1) is 11.8 Å². The van der Waals surface area contributed by atoms with Gasteiger partial charge in [0.2, 0.25) is 5.91 Å². The number of hydrogen-bond acceptors (Lipinski definition) is 4. The highest BCUT2D eigenvalue weighted by atomic mass is 32.2. The van der Waals surface area contributed by atoms with E-state index >= 15 is 0 Å². The third-order valence-electron chi connectivity index (χ3n) is 5.12. The van der Waals surface area contributed by atoms with Crippen molar-refractivity contribution >= 4 is 35.2 Å². The van der Waals surface area contributed by atoms with Gasteiger partial charge in [0, 0.05) is 30.3 Å². The molecule has 0 radical (unpaired) electrons. The fourth-order valence-electron chi connectivity index (χ4n) is 3.41. The van der Waals surface area contributed by atoms with Gasteiger partial charge in [0.05, 0.1) is 5.92 Å². The summed E-state index contributed by atoms with van der Waals surface area (Å²) in [6.45, 7) is 0.932. The third kappa shape index (κ3) is 4.58. The second-order valence-corrected chi connectivity index (χ2v) is 8.08. The molecule has 1 aromatic carbocycles. The van der Waals surface area contributed by atoms with E-state index in [9.17, 15) is 14.4 Å². The number of benzene rings is 1. The fourth-order valence-corrected chi connectivity index (χ4v) is 4.52. The van der Waals surface area contributed by atoms with Crippen molar-refractivity contribution in [3.63, 3.8) is 0 Å². The Balaban J connectivity index is 1.54. The number of nitrogens with zero attached hydrogens (tertiary/aromatic N) is 1. The molecule has 6 nitrogen and oxygen atoms in total. The van der Waals surface area contributed by atoms with E-state index in [1.165, 1.54) is 0 Å². The second kappa shape index (κ2) is 8.58. The smallest absolute Gasteiger partial charge is 0.306 e. The summed E-state index contributed by atoms with van der Waals surface area (Å²) >= 11 is 1.89. The number of anilines is 1. The first kappa shape index (κ1) is 18.8. The molecule has 2 N–H and O–H groups in total. The molecule has 26 heavy (non-hydrogen) atoms. The highest BCUT2D eigenvalue weighted by Gasteiger charge is 2.27. The predicted octanol–water partition coefficient (Wildman–Crippen LogP) is 2.71. The number of nitrogens with one attached hydrogen (secondary N) is 1. The number of thioether (sulfide) groups is 1. The van der Waals surface area contributed by atoms with E-state index in [4.69, 9.17) is 5.11 Å². The number of amides is 2. The van der Waals surface area contributed by atoms with E-state index in [0.29, 0.717) is 37.2 Å². The maximum Gasteiger partial charge on any atom is 0.306 e. The predicted molar refractivity (Wildman–Crippen MR) is 101 cm³/mol. The molecule has 0 atom stereocenters. The lowest BCUT2D eigenvalue weighted by molar-refractivity contribution is -0.143. The van der Waals surface area contributed by atoms with Gasteiger partial charge in [0.15, 0.2) is 0 Å². The van der Waals surface area contributed by atoms with Crippen LogP contribution in [0.4, 0.5) is 5.69 Å². The van der Waals surface area contributed by atoms with Crippen molar-refractivity contribution in [1.29, 1.82) is 0 Å². The molecule has 0 aliphatic carbocycles. The van der Waals surface area contributed by atoms with Gasteiger partial charge in [-0.15, -0.1) is 0 Å². The molecule has 0 spiro atoms. The maximum atomic E-state index is 12.5. The molecule has 2 heterocycles. The number of hydrogen-bond donors (Lipinski definition) is 2. The molecule has 0 aromatic heterocycles. The minimum Gasteiger partial charge on any atom is -0.481 e. The van der Waals surface area contributed by atoms with E-state index in [-0.39, 0.29) is 23.7 Å². The average Bonchev–Trinajstić information content (AvgIpc) is 2.69. The third-order valence-corrected chi connectivity index (χ3v) is 6.17. The van der Waals surface area contributed by atoms with Crippen LogP contribution in [0.15, 0.2) is 24.3 Å². The first-order valence-electron chi connectivity index (χ1n) is 9.05. The SMILES string of the molecule is O=C(O)C1CCN(C(=O)c2ccc(NC(=O)C3CCSCC3)cc2)CC1. The molecule has 140 valence electrons. The number of likely N-dealkylation sites (tertiary alicyclic amines) is 1. The van der Waals surface area contributed by atoms with Crippen LogP contribution in [0.25, 0.3) is 0 Å². The van der Waals surface area contributed by atoms with Crippen LogP contribution in [0.2, 0.25) is 0 Å². The number of carboxylic acids is 1. The number of carbonyl (C=O) groups is 3. The lowest BCUT2D eigenvalue weighted by Crippen LogP contribution is -2.40. The second-order valence-electron chi connectivity index (χ2n) is 6.86. The Kier molecular flexibility index (Phi) is 6.19. The Bertz CT molecular complexity index is 663. The van der Waals surface area contributed by atoms with E-state index in [0.717, 1.165) is 24.3 Å². The molecule has 2 aliphatic rings. The van der Waals surface area contributed by atoms with Gasteiger partial charge in [-0.05, 0) is 61.5 Å². The summed E-state index contributed by atoms with van der Waals surface area (Å²) in [5, 5.41) is 12.0. The van der Waals surface area contributed by atoms with Crippen molar-refractivity contribution in [1.82, 2.24) is 4.90 Å². The van der Waals surface area contributed by atoms with E-state index in [1.807, 2.05) is 11.8 Å². The average molecular weight is 376 g/mol. The van der Waals surface area contributed by atoms with Crippen LogP contribution in [0.3, 0.4) is 0 Å². The Morgan fingerprint density at radius 1 is 0.962 bits per heavy atom. The molecule has 2 fully saturated rings. The standard InChI is InChI=1S/C19H24N2O4S/c22-17(13-7-11-26-12-8-13)20-16-3-1-14(2-4-16)18(23)21-9-5-15(6-10-21)19(24)25/h1-4,13,15H,5-12H2,(H,20,22)(H,24,25). The zero-order valence-corrected chi connectivity index (χ0v) is 15.5. The highest BCUT2D eigenvalue weighted by Crippen LogP contribution is 2.24. The molecule has 1 aromatic rings. The summed E-state index contributed by atoms with van der Waals surface area (Å²) in [5.74, 6) is 0.974. The molecule has 0 saturated carbocycles. The largest absolute Gasteiger partial charge is 0.481 e. The first-order valence-corrected chi connectivity index (χ1v) is 10.2. The zero-order valence-electron chi connectivity index (χ0n) is 14.6. The van der Waals surface area contributed by atoms with Gasteiger partial charge < -0.3 is 15.3 Å². The molecular weight excluding hydrogens is 352 g/mol. The molecule has 0 bridgehead atoms. The number of aliphatic carboxylic acids is 1. The van der Waals surface area contributed by atoms with Crippen molar-refractivity contribution < 1.29 is 19.5 Å². The number of rotatable bonds is 4. The van der Waals surface area contributed by atoms with Crippen molar-refractivity contribution in [2.75, 3.05) is 29.9 Å². The Hall–Kier alpha value is -2.02. The van der Waals surface area contributed by atoms with Gasteiger partial charge >= 0.3 is 5.97 Å². The fraction of sp³-hybridized carbons (Fsp3) is 0.526. The van der Waals surface area contributed by atoms with Crippen LogP contribution < -0.4 is 5.32 Å². The molecule has 2 saturated heterocycles. The highest BCUT2D eigenvalue weighted by molar-refractivity contribution is 7.99. The maximum absolute atomic E-state index is 12.5. The summed E-state index contributed by atoms with van der Waals surface area (Å²) < 4.78 is 0. The first-order chi connectivity index (χ1) is 12.5.